The molecule has 2 N–H and O–H groups in total. The van der Waals surface area contributed by atoms with E-state index in [-0.39, 0.29) is 12.4 Å². The van der Waals surface area contributed by atoms with Crippen LogP contribution in [0, 0.1) is 0 Å². The van der Waals surface area contributed by atoms with Gasteiger partial charge >= 0.3 is 12.0 Å². The Hall–Kier alpha value is -2.60. The normalized spacial score (nSPS) is 9.91. The van der Waals surface area contributed by atoms with Crippen molar-refractivity contribution in [1.82, 2.24) is 4.98 Å². The van der Waals surface area contributed by atoms with Crippen molar-refractivity contribution in [3.05, 3.63) is 53.2 Å². The van der Waals surface area contributed by atoms with Crippen molar-refractivity contribution in [2.24, 2.45) is 0 Å². The zero-order valence-corrected chi connectivity index (χ0v) is 12.6. The van der Waals surface area contributed by atoms with E-state index in [2.05, 4.69) is 20.4 Å². The number of nitrogens with one attached hydrogen (secondary N) is 2. The molecule has 0 aliphatic rings. The molecule has 6 nitrogen and oxygen atoms in total. The summed E-state index contributed by atoms with van der Waals surface area (Å²) in [5.41, 5.74) is 1.08. The predicted molar refractivity (Wildman–Crippen MR) is 84.1 cm³/mol. The van der Waals surface area contributed by atoms with Crippen LogP contribution in [0.3, 0.4) is 0 Å². The van der Waals surface area contributed by atoms with Crippen LogP contribution in [-0.4, -0.2) is 24.1 Å². The van der Waals surface area contributed by atoms with E-state index in [0.29, 0.717) is 22.1 Å². The monoisotopic (exact) mass is 319 g/mol. The van der Waals surface area contributed by atoms with E-state index in [1.165, 1.54) is 7.11 Å². The number of aromatic nitrogens is 1. The Balaban J connectivity index is 2.06. The first-order chi connectivity index (χ1) is 10.6. The molecule has 0 fully saturated rings. The van der Waals surface area contributed by atoms with Gasteiger partial charge in [-0.3, -0.25) is 10.1 Å². The fourth-order valence-corrected chi connectivity index (χ4v) is 1.89. The number of carbonyl (C=O) groups excluding carboxylic acids is 2. The van der Waals surface area contributed by atoms with Crippen LogP contribution in [0.25, 0.3) is 0 Å². The summed E-state index contributed by atoms with van der Waals surface area (Å²) in [6.45, 7) is 0. The number of esters is 1. The molecule has 1 heterocycles. The van der Waals surface area contributed by atoms with Crippen LogP contribution in [-0.2, 0) is 16.0 Å². The molecule has 0 saturated carbocycles. The van der Waals surface area contributed by atoms with Crippen LogP contribution < -0.4 is 10.6 Å². The van der Waals surface area contributed by atoms with Gasteiger partial charge in [0.15, 0.2) is 0 Å². The van der Waals surface area contributed by atoms with E-state index in [9.17, 15) is 9.59 Å². The Bertz CT molecular complexity index is 677. The Kier molecular flexibility index (Phi) is 5.32. The Morgan fingerprint density at radius 2 is 2.05 bits per heavy atom. The van der Waals surface area contributed by atoms with Gasteiger partial charge in [0.25, 0.3) is 0 Å². The average Bonchev–Trinajstić information content (AvgIpc) is 2.51. The fourth-order valence-electron chi connectivity index (χ4n) is 1.72. The maximum atomic E-state index is 11.9. The first kappa shape index (κ1) is 15.8. The Labute approximate surface area is 132 Å². The van der Waals surface area contributed by atoms with Crippen LogP contribution in [0.5, 0.6) is 0 Å². The first-order valence-electron chi connectivity index (χ1n) is 6.43. The number of nitrogens with zero attached hydrogens (tertiary/aromatic N) is 1. The number of rotatable bonds is 4. The number of benzene rings is 1. The van der Waals surface area contributed by atoms with Gasteiger partial charge in [0.2, 0.25) is 0 Å². The average molecular weight is 320 g/mol. The lowest BCUT2D eigenvalue weighted by Crippen LogP contribution is -2.20. The van der Waals surface area contributed by atoms with E-state index < -0.39 is 6.03 Å². The molecule has 0 aliphatic heterocycles. The molecule has 2 rings (SSSR count). The lowest BCUT2D eigenvalue weighted by molar-refractivity contribution is -0.139. The molecular formula is C15H14ClN3O3. The summed E-state index contributed by atoms with van der Waals surface area (Å²) < 4.78 is 4.60. The van der Waals surface area contributed by atoms with Crippen LogP contribution in [0.1, 0.15) is 5.56 Å². The van der Waals surface area contributed by atoms with Crippen molar-refractivity contribution in [3.63, 3.8) is 0 Å². The maximum Gasteiger partial charge on any atom is 0.324 e. The number of hydrogen-bond acceptors (Lipinski definition) is 4. The molecule has 0 radical (unpaired) electrons. The minimum absolute atomic E-state index is 0.101. The Morgan fingerprint density at radius 1 is 1.23 bits per heavy atom. The number of anilines is 2. The van der Waals surface area contributed by atoms with Crippen molar-refractivity contribution in [2.75, 3.05) is 17.7 Å². The highest BCUT2D eigenvalue weighted by molar-refractivity contribution is 6.33. The van der Waals surface area contributed by atoms with Gasteiger partial charge in [-0.05, 0) is 29.8 Å². The number of urea groups is 1. The second-order valence-electron chi connectivity index (χ2n) is 4.36. The molecule has 7 heteroatoms. The second kappa shape index (κ2) is 7.42. The summed E-state index contributed by atoms with van der Waals surface area (Å²) in [5.74, 6) is 0.0491. The number of halogens is 1. The van der Waals surface area contributed by atoms with Crippen molar-refractivity contribution in [2.45, 2.75) is 6.42 Å². The van der Waals surface area contributed by atoms with Crippen LogP contribution in [0.15, 0.2) is 42.6 Å². The smallest absolute Gasteiger partial charge is 0.324 e. The van der Waals surface area contributed by atoms with Gasteiger partial charge in [-0.2, -0.15) is 0 Å². The molecular weight excluding hydrogens is 306 g/mol. The van der Waals surface area contributed by atoms with Gasteiger partial charge in [-0.1, -0.05) is 23.7 Å². The SMILES string of the molecule is COC(=O)Cc1ccc(Cl)c(NC(=O)Nc2ccccn2)c1. The summed E-state index contributed by atoms with van der Waals surface area (Å²) >= 11 is 6.04. The van der Waals surface area contributed by atoms with E-state index in [4.69, 9.17) is 11.6 Å². The zero-order chi connectivity index (χ0) is 15.9. The van der Waals surface area contributed by atoms with Gasteiger partial charge in [-0.25, -0.2) is 9.78 Å². The third kappa shape index (κ3) is 4.46. The van der Waals surface area contributed by atoms with Gasteiger partial charge in [0, 0.05) is 6.20 Å². The minimum atomic E-state index is -0.476. The van der Waals surface area contributed by atoms with Crippen LogP contribution in [0.2, 0.25) is 5.02 Å². The highest BCUT2D eigenvalue weighted by atomic mass is 35.5. The fraction of sp³-hybridized carbons (Fsp3) is 0.133. The molecule has 1 aromatic carbocycles. The van der Waals surface area contributed by atoms with E-state index in [0.717, 1.165) is 0 Å². The molecule has 22 heavy (non-hydrogen) atoms. The number of pyridine rings is 1. The lowest BCUT2D eigenvalue weighted by atomic mass is 10.1. The largest absolute Gasteiger partial charge is 0.469 e. The third-order valence-electron chi connectivity index (χ3n) is 2.76. The molecule has 0 spiro atoms. The van der Waals surface area contributed by atoms with Crippen molar-refractivity contribution in [3.8, 4) is 0 Å². The van der Waals surface area contributed by atoms with E-state index in [1.54, 1.807) is 42.6 Å². The summed E-state index contributed by atoms with van der Waals surface area (Å²) in [5, 5.41) is 5.56. The highest BCUT2D eigenvalue weighted by Gasteiger charge is 2.09. The first-order valence-corrected chi connectivity index (χ1v) is 6.80. The summed E-state index contributed by atoms with van der Waals surface area (Å²) in [6.07, 6.45) is 1.67. The quantitative estimate of drug-likeness (QED) is 0.849. The number of carbonyl (C=O) groups is 2. The van der Waals surface area contributed by atoms with Crippen LogP contribution in [0.4, 0.5) is 16.3 Å². The van der Waals surface area contributed by atoms with Crippen molar-refractivity contribution >= 4 is 35.1 Å². The second-order valence-corrected chi connectivity index (χ2v) is 4.77. The van der Waals surface area contributed by atoms with Crippen molar-refractivity contribution in [1.29, 1.82) is 0 Å². The van der Waals surface area contributed by atoms with Crippen molar-refractivity contribution < 1.29 is 14.3 Å². The van der Waals surface area contributed by atoms with E-state index in [1.807, 2.05) is 0 Å². The molecule has 114 valence electrons. The molecule has 0 aliphatic carbocycles. The summed E-state index contributed by atoms with van der Waals surface area (Å²) in [7, 11) is 1.32. The van der Waals surface area contributed by atoms with E-state index >= 15 is 0 Å². The highest BCUT2D eigenvalue weighted by Crippen LogP contribution is 2.23. The molecule has 0 bridgehead atoms. The number of methoxy groups -OCH3 is 1. The molecule has 0 unspecified atom stereocenters. The summed E-state index contributed by atoms with van der Waals surface area (Å²) in [4.78, 5) is 27.2. The number of hydrogen-bond donors (Lipinski definition) is 2. The van der Waals surface area contributed by atoms with Gasteiger partial charge in [0.1, 0.15) is 5.82 Å². The molecule has 2 aromatic rings. The molecule has 2 amide bonds. The third-order valence-corrected chi connectivity index (χ3v) is 3.09. The maximum absolute atomic E-state index is 11.9. The topological polar surface area (TPSA) is 80.3 Å². The lowest BCUT2D eigenvalue weighted by Gasteiger charge is -2.10. The van der Waals surface area contributed by atoms with Gasteiger partial charge in [-0.15, -0.1) is 0 Å². The molecule has 0 saturated heterocycles. The minimum Gasteiger partial charge on any atom is -0.469 e. The zero-order valence-electron chi connectivity index (χ0n) is 11.8. The van der Waals surface area contributed by atoms with Crippen LogP contribution >= 0.6 is 11.6 Å². The Morgan fingerprint density at radius 3 is 2.73 bits per heavy atom. The molecule has 0 atom stereocenters. The van der Waals surface area contributed by atoms with Gasteiger partial charge < -0.3 is 10.1 Å². The number of amides is 2. The molecule has 1 aromatic heterocycles. The predicted octanol–water partition coefficient (Wildman–Crippen LogP) is 3.09. The number of ether oxygens (including phenoxy) is 1. The standard InChI is InChI=1S/C15H14ClN3O3/c1-22-14(20)9-10-5-6-11(16)12(8-10)18-15(21)19-13-4-2-3-7-17-13/h2-8H,9H2,1H3,(H2,17,18,19,21). The van der Waals surface area contributed by atoms with Gasteiger partial charge in [0.05, 0.1) is 24.2 Å². The summed E-state index contributed by atoms with van der Waals surface area (Å²) in [6, 6.07) is 9.61.